The highest BCUT2D eigenvalue weighted by Gasteiger charge is 2.15. The summed E-state index contributed by atoms with van der Waals surface area (Å²) in [5.41, 5.74) is 0.694. The molecule has 0 aliphatic heterocycles. The molecule has 0 radical (unpaired) electrons. The second-order valence-corrected chi connectivity index (χ2v) is 4.64. The number of carboxylic acids is 1. The zero-order valence-electron chi connectivity index (χ0n) is 11.3. The molecule has 1 aromatic rings. The molecule has 1 unspecified atom stereocenters. The number of carboxylic acid groups (broad SMARTS) is 1. The first-order valence-corrected chi connectivity index (χ1v) is 6.16. The van der Waals surface area contributed by atoms with Crippen LogP contribution in [0.2, 0.25) is 0 Å². The van der Waals surface area contributed by atoms with Crippen LogP contribution in [0.3, 0.4) is 0 Å². The third-order valence-electron chi connectivity index (χ3n) is 2.39. The molecule has 0 aliphatic rings. The van der Waals surface area contributed by atoms with Crippen molar-refractivity contribution in [2.24, 2.45) is 0 Å². The largest absolute Gasteiger partial charge is 0.481 e. The zero-order chi connectivity index (χ0) is 14.4. The molecule has 0 heterocycles. The number of amides is 1. The average Bonchev–Trinajstić information content (AvgIpc) is 2.30. The monoisotopic (exact) mass is 265 g/mol. The van der Waals surface area contributed by atoms with Crippen LogP contribution in [0.4, 0.5) is 0 Å². The molecule has 1 atom stereocenters. The summed E-state index contributed by atoms with van der Waals surface area (Å²) in [4.78, 5) is 22.2. The molecule has 1 rings (SSSR count). The molecule has 5 heteroatoms. The summed E-state index contributed by atoms with van der Waals surface area (Å²) in [6.07, 6.45) is -0.614. The van der Waals surface area contributed by atoms with E-state index in [-0.39, 0.29) is 18.4 Å². The number of nitrogens with one attached hydrogen (secondary N) is 1. The molecule has 0 bridgehead atoms. The molecule has 5 nitrogen and oxygen atoms in total. The van der Waals surface area contributed by atoms with Gasteiger partial charge in [-0.1, -0.05) is 12.1 Å². The van der Waals surface area contributed by atoms with Crippen LogP contribution in [0, 0.1) is 0 Å². The van der Waals surface area contributed by atoms with Gasteiger partial charge in [0.2, 0.25) is 0 Å². The molecule has 0 aliphatic carbocycles. The summed E-state index contributed by atoms with van der Waals surface area (Å²) in [7, 11) is 0. The van der Waals surface area contributed by atoms with Crippen LogP contribution in [-0.2, 0) is 16.0 Å². The van der Waals surface area contributed by atoms with E-state index < -0.39 is 12.1 Å². The first kappa shape index (κ1) is 15.0. The minimum Gasteiger partial charge on any atom is -0.481 e. The van der Waals surface area contributed by atoms with Crippen molar-refractivity contribution in [1.29, 1.82) is 0 Å². The summed E-state index contributed by atoms with van der Waals surface area (Å²) in [6, 6.07) is 6.75. The third-order valence-corrected chi connectivity index (χ3v) is 2.39. The van der Waals surface area contributed by atoms with E-state index in [0.29, 0.717) is 11.3 Å². The van der Waals surface area contributed by atoms with Gasteiger partial charge < -0.3 is 15.2 Å². The summed E-state index contributed by atoms with van der Waals surface area (Å²) in [5, 5.41) is 11.4. The zero-order valence-corrected chi connectivity index (χ0v) is 11.3. The van der Waals surface area contributed by atoms with Gasteiger partial charge in [0.25, 0.3) is 5.91 Å². The number of ether oxygens (including phenoxy) is 1. The van der Waals surface area contributed by atoms with Gasteiger partial charge in [0.05, 0.1) is 6.42 Å². The van der Waals surface area contributed by atoms with Crippen molar-refractivity contribution < 1.29 is 19.4 Å². The Labute approximate surface area is 112 Å². The summed E-state index contributed by atoms with van der Waals surface area (Å²) in [5.74, 6) is -0.511. The Kier molecular flexibility index (Phi) is 5.36. The van der Waals surface area contributed by atoms with Crippen molar-refractivity contribution in [2.75, 3.05) is 0 Å². The summed E-state index contributed by atoms with van der Waals surface area (Å²) in [6.45, 7) is 5.43. The van der Waals surface area contributed by atoms with Crippen LogP contribution in [0.5, 0.6) is 5.75 Å². The van der Waals surface area contributed by atoms with E-state index in [1.807, 2.05) is 13.8 Å². The van der Waals surface area contributed by atoms with Crippen molar-refractivity contribution in [3.8, 4) is 5.75 Å². The van der Waals surface area contributed by atoms with Gasteiger partial charge in [-0.2, -0.15) is 0 Å². The Morgan fingerprint density at radius 2 is 1.79 bits per heavy atom. The molecule has 0 saturated heterocycles. The smallest absolute Gasteiger partial charge is 0.307 e. The van der Waals surface area contributed by atoms with Gasteiger partial charge in [-0.15, -0.1) is 0 Å². The van der Waals surface area contributed by atoms with Crippen LogP contribution < -0.4 is 10.1 Å². The van der Waals surface area contributed by atoms with Crippen LogP contribution in [-0.4, -0.2) is 29.1 Å². The van der Waals surface area contributed by atoms with E-state index in [1.54, 1.807) is 31.2 Å². The van der Waals surface area contributed by atoms with Crippen LogP contribution in [0.15, 0.2) is 24.3 Å². The normalized spacial score (nSPS) is 12.0. The maximum atomic E-state index is 11.7. The Bertz CT molecular complexity index is 439. The average molecular weight is 265 g/mol. The maximum Gasteiger partial charge on any atom is 0.307 e. The molecule has 1 aromatic carbocycles. The van der Waals surface area contributed by atoms with Gasteiger partial charge in [0.1, 0.15) is 5.75 Å². The number of hydrogen-bond donors (Lipinski definition) is 2. The van der Waals surface area contributed by atoms with E-state index in [0.717, 1.165) is 0 Å². The van der Waals surface area contributed by atoms with Crippen LogP contribution in [0.1, 0.15) is 26.3 Å². The highest BCUT2D eigenvalue weighted by Crippen LogP contribution is 2.14. The predicted molar refractivity (Wildman–Crippen MR) is 71.2 cm³/mol. The second-order valence-electron chi connectivity index (χ2n) is 4.64. The van der Waals surface area contributed by atoms with Gasteiger partial charge in [-0.05, 0) is 38.5 Å². The number of aliphatic carboxylic acids is 1. The fourth-order valence-electron chi connectivity index (χ4n) is 1.52. The van der Waals surface area contributed by atoms with Crippen molar-refractivity contribution >= 4 is 11.9 Å². The quantitative estimate of drug-likeness (QED) is 0.819. The van der Waals surface area contributed by atoms with Gasteiger partial charge >= 0.3 is 5.97 Å². The summed E-state index contributed by atoms with van der Waals surface area (Å²) >= 11 is 0. The highest BCUT2D eigenvalue weighted by molar-refractivity contribution is 5.80. The fraction of sp³-hybridized carbons (Fsp3) is 0.429. The van der Waals surface area contributed by atoms with Crippen molar-refractivity contribution in [3.63, 3.8) is 0 Å². The summed E-state index contributed by atoms with van der Waals surface area (Å²) < 4.78 is 5.48. The first-order chi connectivity index (χ1) is 8.88. The van der Waals surface area contributed by atoms with Crippen molar-refractivity contribution in [1.82, 2.24) is 5.32 Å². The van der Waals surface area contributed by atoms with Gasteiger partial charge in [-0.25, -0.2) is 0 Å². The lowest BCUT2D eigenvalue weighted by Gasteiger charge is -2.16. The Morgan fingerprint density at radius 1 is 1.21 bits per heavy atom. The van der Waals surface area contributed by atoms with E-state index in [9.17, 15) is 9.59 Å². The topological polar surface area (TPSA) is 75.6 Å². The van der Waals surface area contributed by atoms with E-state index in [2.05, 4.69) is 5.32 Å². The molecule has 104 valence electrons. The molecule has 0 saturated carbocycles. The fourth-order valence-corrected chi connectivity index (χ4v) is 1.52. The van der Waals surface area contributed by atoms with Crippen molar-refractivity contribution in [3.05, 3.63) is 29.8 Å². The van der Waals surface area contributed by atoms with E-state index in [1.165, 1.54) is 0 Å². The number of rotatable bonds is 6. The van der Waals surface area contributed by atoms with E-state index >= 15 is 0 Å². The molecule has 0 aromatic heterocycles. The third kappa shape index (κ3) is 5.42. The number of benzene rings is 1. The first-order valence-electron chi connectivity index (χ1n) is 6.16. The second kappa shape index (κ2) is 6.78. The molecule has 1 amide bonds. The van der Waals surface area contributed by atoms with Crippen LogP contribution in [0.25, 0.3) is 0 Å². The molecule has 2 N–H and O–H groups in total. The SMILES string of the molecule is CC(C)NC(=O)C(C)Oc1ccc(CC(=O)O)cc1. The molecule has 0 spiro atoms. The predicted octanol–water partition coefficient (Wildman–Crippen LogP) is 1.61. The Hall–Kier alpha value is -2.04. The molecule has 19 heavy (non-hydrogen) atoms. The van der Waals surface area contributed by atoms with Gasteiger partial charge in [0.15, 0.2) is 6.10 Å². The van der Waals surface area contributed by atoms with Gasteiger partial charge in [-0.3, -0.25) is 9.59 Å². The lowest BCUT2D eigenvalue weighted by molar-refractivity contribution is -0.136. The van der Waals surface area contributed by atoms with Gasteiger partial charge in [0, 0.05) is 6.04 Å². The molecular weight excluding hydrogens is 246 g/mol. The Morgan fingerprint density at radius 3 is 2.26 bits per heavy atom. The molecular formula is C14H19NO4. The van der Waals surface area contributed by atoms with E-state index in [4.69, 9.17) is 9.84 Å². The van der Waals surface area contributed by atoms with Crippen molar-refractivity contribution in [2.45, 2.75) is 39.3 Å². The Balaban J connectivity index is 2.57. The number of carbonyl (C=O) groups is 2. The minimum absolute atomic E-state index is 0.0241. The maximum absolute atomic E-state index is 11.7. The lowest BCUT2D eigenvalue weighted by Crippen LogP contribution is -2.40. The standard InChI is InChI=1S/C14H19NO4/c1-9(2)15-14(18)10(3)19-12-6-4-11(5-7-12)8-13(16)17/h4-7,9-10H,8H2,1-3H3,(H,15,18)(H,16,17). The number of carbonyl (C=O) groups excluding carboxylic acids is 1. The highest BCUT2D eigenvalue weighted by atomic mass is 16.5. The number of hydrogen-bond acceptors (Lipinski definition) is 3. The lowest BCUT2D eigenvalue weighted by atomic mass is 10.1. The minimum atomic E-state index is -0.877. The van der Waals surface area contributed by atoms with Crippen LogP contribution >= 0.6 is 0 Å². The molecule has 0 fully saturated rings.